The van der Waals surface area contributed by atoms with Crippen molar-refractivity contribution in [2.75, 3.05) is 6.61 Å². The standard InChI is InChI=1S/C11H14O5S/c1-2-16-10(14)3-9(13)11(15)8-6-17-5-7(8)4-12/h4-6,9,11,13,15H,2-3H2,1H3. The summed E-state index contributed by atoms with van der Waals surface area (Å²) >= 11 is 1.25. The summed E-state index contributed by atoms with van der Waals surface area (Å²) in [5, 5.41) is 22.6. The van der Waals surface area contributed by atoms with Crippen molar-refractivity contribution < 1.29 is 24.5 Å². The Labute approximate surface area is 103 Å². The van der Waals surface area contributed by atoms with Crippen LogP contribution in [0, 0.1) is 0 Å². The zero-order valence-corrected chi connectivity index (χ0v) is 10.1. The summed E-state index contributed by atoms with van der Waals surface area (Å²) < 4.78 is 4.66. The summed E-state index contributed by atoms with van der Waals surface area (Å²) in [7, 11) is 0. The molecule has 2 atom stereocenters. The third kappa shape index (κ3) is 3.62. The Bertz CT molecular complexity index is 387. The van der Waals surface area contributed by atoms with Crippen LogP contribution in [-0.4, -0.2) is 35.2 Å². The number of carbonyl (C=O) groups is 2. The lowest BCUT2D eigenvalue weighted by molar-refractivity contribution is -0.147. The molecular weight excluding hydrogens is 244 g/mol. The first-order chi connectivity index (χ1) is 8.10. The van der Waals surface area contributed by atoms with Crippen LogP contribution in [0.2, 0.25) is 0 Å². The van der Waals surface area contributed by atoms with Gasteiger partial charge in [0, 0.05) is 16.5 Å². The molecular formula is C11H14O5S. The molecule has 0 aromatic carbocycles. The fourth-order valence-electron chi connectivity index (χ4n) is 1.36. The predicted molar refractivity (Wildman–Crippen MR) is 61.9 cm³/mol. The molecule has 1 rings (SSSR count). The molecule has 94 valence electrons. The quantitative estimate of drug-likeness (QED) is 0.585. The summed E-state index contributed by atoms with van der Waals surface area (Å²) in [6.07, 6.45) is -2.23. The number of hydrogen-bond acceptors (Lipinski definition) is 6. The Morgan fingerprint density at radius 3 is 2.82 bits per heavy atom. The average molecular weight is 258 g/mol. The van der Waals surface area contributed by atoms with Gasteiger partial charge in [-0.2, -0.15) is 11.3 Å². The Hall–Kier alpha value is -1.24. The van der Waals surface area contributed by atoms with E-state index in [-0.39, 0.29) is 13.0 Å². The SMILES string of the molecule is CCOC(=O)CC(O)C(O)c1cscc1C=O. The molecule has 0 bridgehead atoms. The topological polar surface area (TPSA) is 83.8 Å². The molecule has 0 aliphatic rings. The lowest BCUT2D eigenvalue weighted by atomic mass is 10.0. The Morgan fingerprint density at radius 1 is 1.53 bits per heavy atom. The summed E-state index contributed by atoms with van der Waals surface area (Å²) in [5.74, 6) is -0.582. The van der Waals surface area contributed by atoms with Crippen molar-refractivity contribution in [2.24, 2.45) is 0 Å². The molecule has 0 saturated carbocycles. The van der Waals surface area contributed by atoms with Crippen LogP contribution in [0.4, 0.5) is 0 Å². The van der Waals surface area contributed by atoms with Gasteiger partial charge in [-0.15, -0.1) is 0 Å². The predicted octanol–water partition coefficient (Wildman–Crippen LogP) is 0.908. The minimum absolute atomic E-state index is 0.222. The second-order valence-corrected chi connectivity index (χ2v) is 4.17. The molecule has 0 aliphatic carbocycles. The van der Waals surface area contributed by atoms with Gasteiger partial charge in [-0.1, -0.05) is 0 Å². The van der Waals surface area contributed by atoms with E-state index >= 15 is 0 Å². The van der Waals surface area contributed by atoms with Crippen molar-refractivity contribution in [2.45, 2.75) is 25.6 Å². The summed E-state index contributed by atoms with van der Waals surface area (Å²) in [5.41, 5.74) is 0.659. The van der Waals surface area contributed by atoms with Crippen molar-refractivity contribution >= 4 is 23.6 Å². The van der Waals surface area contributed by atoms with E-state index in [1.165, 1.54) is 11.3 Å². The van der Waals surface area contributed by atoms with Gasteiger partial charge in [0.2, 0.25) is 0 Å². The maximum Gasteiger partial charge on any atom is 0.308 e. The van der Waals surface area contributed by atoms with Crippen LogP contribution in [0.5, 0.6) is 0 Å². The van der Waals surface area contributed by atoms with E-state index in [4.69, 9.17) is 0 Å². The van der Waals surface area contributed by atoms with Crippen molar-refractivity contribution in [3.63, 3.8) is 0 Å². The number of ether oxygens (including phenoxy) is 1. The minimum atomic E-state index is -1.28. The van der Waals surface area contributed by atoms with Gasteiger partial charge in [0.15, 0.2) is 6.29 Å². The molecule has 6 heteroatoms. The largest absolute Gasteiger partial charge is 0.466 e. The van der Waals surface area contributed by atoms with E-state index in [1.54, 1.807) is 17.7 Å². The number of rotatable bonds is 6. The fraction of sp³-hybridized carbons (Fsp3) is 0.455. The van der Waals surface area contributed by atoms with Gasteiger partial charge in [-0.3, -0.25) is 9.59 Å². The number of aliphatic hydroxyl groups excluding tert-OH is 2. The van der Waals surface area contributed by atoms with E-state index in [0.29, 0.717) is 17.4 Å². The van der Waals surface area contributed by atoms with Crippen LogP contribution < -0.4 is 0 Å². The van der Waals surface area contributed by atoms with E-state index in [2.05, 4.69) is 4.74 Å². The van der Waals surface area contributed by atoms with Crippen molar-refractivity contribution in [1.29, 1.82) is 0 Å². The highest BCUT2D eigenvalue weighted by molar-refractivity contribution is 7.08. The first-order valence-corrected chi connectivity index (χ1v) is 6.07. The van der Waals surface area contributed by atoms with Gasteiger partial charge in [0.1, 0.15) is 6.10 Å². The van der Waals surface area contributed by atoms with E-state index in [0.717, 1.165) is 0 Å². The molecule has 0 radical (unpaired) electrons. The molecule has 1 aromatic heterocycles. The van der Waals surface area contributed by atoms with Crippen molar-refractivity contribution in [1.82, 2.24) is 0 Å². The Morgan fingerprint density at radius 2 is 2.24 bits per heavy atom. The van der Waals surface area contributed by atoms with Crippen LogP contribution >= 0.6 is 11.3 Å². The number of carbonyl (C=O) groups excluding carboxylic acids is 2. The third-order valence-electron chi connectivity index (χ3n) is 2.21. The van der Waals surface area contributed by atoms with Crippen LogP contribution in [0.25, 0.3) is 0 Å². The monoisotopic (exact) mass is 258 g/mol. The lowest BCUT2D eigenvalue weighted by Gasteiger charge is -2.16. The highest BCUT2D eigenvalue weighted by atomic mass is 32.1. The molecule has 17 heavy (non-hydrogen) atoms. The molecule has 0 fully saturated rings. The van der Waals surface area contributed by atoms with E-state index < -0.39 is 18.2 Å². The molecule has 1 heterocycles. The third-order valence-corrected chi connectivity index (χ3v) is 2.99. The van der Waals surface area contributed by atoms with Crippen LogP contribution in [0.15, 0.2) is 10.8 Å². The van der Waals surface area contributed by atoms with Gasteiger partial charge in [0.25, 0.3) is 0 Å². The molecule has 0 saturated heterocycles. The second-order valence-electron chi connectivity index (χ2n) is 3.42. The van der Waals surface area contributed by atoms with Gasteiger partial charge in [0.05, 0.1) is 19.1 Å². The van der Waals surface area contributed by atoms with Gasteiger partial charge in [-0.25, -0.2) is 0 Å². The summed E-state index contributed by atoms with van der Waals surface area (Å²) in [4.78, 5) is 21.8. The van der Waals surface area contributed by atoms with Gasteiger partial charge < -0.3 is 14.9 Å². The summed E-state index contributed by atoms with van der Waals surface area (Å²) in [6.45, 7) is 1.88. The number of aliphatic hydroxyl groups is 2. The number of aldehydes is 1. The van der Waals surface area contributed by atoms with Crippen LogP contribution in [0.3, 0.4) is 0 Å². The number of hydrogen-bond donors (Lipinski definition) is 2. The van der Waals surface area contributed by atoms with Crippen molar-refractivity contribution in [3.05, 3.63) is 21.9 Å². The highest BCUT2D eigenvalue weighted by Crippen LogP contribution is 2.25. The maximum absolute atomic E-state index is 11.1. The number of esters is 1. The zero-order chi connectivity index (χ0) is 12.8. The molecule has 5 nitrogen and oxygen atoms in total. The van der Waals surface area contributed by atoms with E-state index in [9.17, 15) is 19.8 Å². The summed E-state index contributed by atoms with van der Waals surface area (Å²) in [6, 6.07) is 0. The van der Waals surface area contributed by atoms with Crippen LogP contribution in [-0.2, 0) is 9.53 Å². The van der Waals surface area contributed by atoms with Gasteiger partial charge in [-0.05, 0) is 12.3 Å². The normalized spacial score (nSPS) is 14.1. The molecule has 1 aromatic rings. The van der Waals surface area contributed by atoms with E-state index in [1.807, 2.05) is 0 Å². The zero-order valence-electron chi connectivity index (χ0n) is 9.33. The Kier molecular flexibility index (Phi) is 5.27. The first kappa shape index (κ1) is 13.8. The highest BCUT2D eigenvalue weighted by Gasteiger charge is 2.24. The number of thiophene rings is 1. The van der Waals surface area contributed by atoms with Crippen LogP contribution in [0.1, 0.15) is 35.4 Å². The molecule has 0 amide bonds. The fourth-order valence-corrected chi connectivity index (χ4v) is 2.19. The van der Waals surface area contributed by atoms with Gasteiger partial charge >= 0.3 is 5.97 Å². The smallest absolute Gasteiger partial charge is 0.308 e. The van der Waals surface area contributed by atoms with Crippen molar-refractivity contribution in [3.8, 4) is 0 Å². The maximum atomic E-state index is 11.1. The first-order valence-electron chi connectivity index (χ1n) is 5.13. The average Bonchev–Trinajstić information content (AvgIpc) is 2.76. The molecule has 2 N–H and O–H groups in total. The lowest BCUT2D eigenvalue weighted by Crippen LogP contribution is -2.23. The molecule has 0 spiro atoms. The molecule has 0 aliphatic heterocycles. The minimum Gasteiger partial charge on any atom is -0.466 e. The second kappa shape index (κ2) is 6.48. The molecule has 2 unspecified atom stereocenters. The Balaban J connectivity index is 2.66.